The van der Waals surface area contributed by atoms with Gasteiger partial charge in [0.25, 0.3) is 0 Å². The van der Waals surface area contributed by atoms with Gasteiger partial charge in [-0.2, -0.15) is 0 Å². The van der Waals surface area contributed by atoms with Gasteiger partial charge in [-0.15, -0.1) is 35.3 Å². The zero-order valence-corrected chi connectivity index (χ0v) is 21.0. The van der Waals surface area contributed by atoms with Crippen molar-refractivity contribution in [1.29, 1.82) is 0 Å². The third kappa shape index (κ3) is 11.4. The Morgan fingerprint density at radius 3 is 2.52 bits per heavy atom. The van der Waals surface area contributed by atoms with E-state index in [9.17, 15) is 8.42 Å². The fourth-order valence-corrected chi connectivity index (χ4v) is 3.80. The molecule has 0 unspecified atom stereocenters. The summed E-state index contributed by atoms with van der Waals surface area (Å²) in [5, 5.41) is 8.65. The molecule has 0 radical (unpaired) electrons. The molecule has 0 aliphatic rings. The van der Waals surface area contributed by atoms with E-state index in [0.717, 1.165) is 24.4 Å². The Bertz CT molecular complexity index is 836. The second-order valence-corrected chi connectivity index (χ2v) is 10.1. The quantitative estimate of drug-likeness (QED) is 0.201. The lowest BCUT2D eigenvalue weighted by molar-refractivity contribution is 0.242. The van der Waals surface area contributed by atoms with Gasteiger partial charge in [0.1, 0.15) is 15.6 Å². The number of sulfone groups is 1. The summed E-state index contributed by atoms with van der Waals surface area (Å²) in [4.78, 5) is 5.82. The maximum atomic E-state index is 11.3. The molecule has 0 fully saturated rings. The molecule has 0 spiro atoms. The largest absolute Gasteiger partial charge is 0.491 e. The highest BCUT2D eigenvalue weighted by molar-refractivity contribution is 14.0. The lowest BCUT2D eigenvalue weighted by atomic mass is 10.3. The second kappa shape index (κ2) is 13.1. The van der Waals surface area contributed by atoms with Gasteiger partial charge in [0.15, 0.2) is 5.96 Å². The zero-order chi connectivity index (χ0) is 20.4. The molecule has 1 aromatic carbocycles. The van der Waals surface area contributed by atoms with Crippen molar-refractivity contribution in [3.63, 3.8) is 0 Å². The van der Waals surface area contributed by atoms with Gasteiger partial charge in [-0.3, -0.25) is 4.99 Å². The first kappa shape index (κ1) is 25.7. The van der Waals surface area contributed by atoms with Crippen LogP contribution in [0.5, 0.6) is 5.75 Å². The van der Waals surface area contributed by atoms with Crippen LogP contribution in [0.2, 0.25) is 0 Å². The van der Waals surface area contributed by atoms with Crippen molar-refractivity contribution in [2.24, 2.45) is 4.99 Å². The number of thiophene rings is 1. The fraction of sp³-hybridized carbons (Fsp3) is 0.450. The van der Waals surface area contributed by atoms with Crippen LogP contribution in [0.3, 0.4) is 0 Å². The van der Waals surface area contributed by atoms with Crippen molar-refractivity contribution < 1.29 is 13.2 Å². The van der Waals surface area contributed by atoms with Crippen molar-refractivity contribution in [3.8, 4) is 5.75 Å². The fourth-order valence-electron chi connectivity index (χ4n) is 2.44. The lowest BCUT2D eigenvalue weighted by Gasteiger charge is -2.14. The minimum absolute atomic E-state index is 0. The number of hydrogen-bond acceptors (Lipinski definition) is 5. The second-order valence-electron chi connectivity index (χ2n) is 6.79. The number of rotatable bonds is 10. The number of hydrogen-bond donors (Lipinski definition) is 2. The summed E-state index contributed by atoms with van der Waals surface area (Å²) >= 11 is 1.73. The van der Waals surface area contributed by atoms with Crippen LogP contribution in [-0.4, -0.2) is 45.6 Å². The molecule has 0 amide bonds. The lowest BCUT2D eigenvalue weighted by Crippen LogP contribution is -2.32. The molecule has 1 aromatic heterocycles. The van der Waals surface area contributed by atoms with E-state index >= 15 is 0 Å². The smallest absolute Gasteiger partial charge is 0.195 e. The van der Waals surface area contributed by atoms with Gasteiger partial charge < -0.3 is 15.4 Å². The maximum Gasteiger partial charge on any atom is 0.195 e. The van der Waals surface area contributed by atoms with E-state index in [2.05, 4.69) is 27.1 Å². The van der Waals surface area contributed by atoms with Crippen LogP contribution in [0.25, 0.3) is 0 Å². The summed E-state index contributed by atoms with van der Waals surface area (Å²) in [6.07, 6.45) is 2.78. The highest BCUT2D eigenvalue weighted by Crippen LogP contribution is 2.17. The van der Waals surface area contributed by atoms with Crippen LogP contribution in [0, 0.1) is 0 Å². The van der Waals surface area contributed by atoms with Crippen LogP contribution in [-0.2, 0) is 16.3 Å². The predicted molar refractivity (Wildman–Crippen MR) is 134 cm³/mol. The Kier molecular flexibility index (Phi) is 11.6. The molecule has 0 aliphatic heterocycles. The number of halogens is 1. The van der Waals surface area contributed by atoms with Gasteiger partial charge in [-0.25, -0.2) is 8.42 Å². The van der Waals surface area contributed by atoms with Crippen molar-refractivity contribution in [3.05, 3.63) is 46.7 Å². The molecule has 0 atom stereocenters. The minimum Gasteiger partial charge on any atom is -0.491 e. The van der Waals surface area contributed by atoms with E-state index in [0.29, 0.717) is 18.9 Å². The Labute approximate surface area is 195 Å². The third-order valence-electron chi connectivity index (χ3n) is 3.68. The van der Waals surface area contributed by atoms with E-state index in [1.807, 2.05) is 44.2 Å². The van der Waals surface area contributed by atoms with Gasteiger partial charge in [0.2, 0.25) is 0 Å². The first-order valence-electron chi connectivity index (χ1n) is 9.34. The van der Waals surface area contributed by atoms with E-state index in [1.54, 1.807) is 11.3 Å². The molecule has 0 saturated carbocycles. The monoisotopic (exact) mass is 551 g/mol. The zero-order valence-electron chi connectivity index (χ0n) is 17.1. The number of guanidine groups is 1. The van der Waals surface area contributed by atoms with Crippen molar-refractivity contribution >= 4 is 56.8 Å². The normalized spacial score (nSPS) is 11.8. The highest BCUT2D eigenvalue weighted by atomic mass is 127. The molecule has 29 heavy (non-hydrogen) atoms. The number of anilines is 1. The highest BCUT2D eigenvalue weighted by Gasteiger charge is 2.04. The molecule has 6 nitrogen and oxygen atoms in total. The van der Waals surface area contributed by atoms with Crippen molar-refractivity contribution in [2.45, 2.75) is 32.8 Å². The molecule has 9 heteroatoms. The van der Waals surface area contributed by atoms with Gasteiger partial charge in [0, 0.05) is 29.9 Å². The molecule has 162 valence electrons. The summed E-state index contributed by atoms with van der Waals surface area (Å²) in [6, 6.07) is 11.8. The molecule has 2 N–H and O–H groups in total. The van der Waals surface area contributed by atoms with Crippen LogP contribution < -0.4 is 15.4 Å². The Morgan fingerprint density at radius 2 is 1.93 bits per heavy atom. The van der Waals surface area contributed by atoms with Gasteiger partial charge >= 0.3 is 0 Å². The molecular weight excluding hydrogens is 521 g/mol. The summed E-state index contributed by atoms with van der Waals surface area (Å²) in [7, 11) is -2.96. The Hall–Kier alpha value is -1.33. The number of aliphatic imine (C=N–C) groups is 1. The first-order chi connectivity index (χ1) is 13.3. The predicted octanol–water partition coefficient (Wildman–Crippen LogP) is 4.19. The molecule has 2 aromatic rings. The van der Waals surface area contributed by atoms with Crippen LogP contribution >= 0.6 is 35.3 Å². The average molecular weight is 552 g/mol. The summed E-state index contributed by atoms with van der Waals surface area (Å²) in [5.74, 6) is 1.60. The SMILES string of the molecule is CC(C)Oc1ccc(NC(=NCCCS(C)(=O)=O)NCCc2cccs2)cc1.I. The Balaban J connectivity index is 0.00000420. The molecule has 0 saturated heterocycles. The van der Waals surface area contributed by atoms with E-state index in [-0.39, 0.29) is 35.8 Å². The topological polar surface area (TPSA) is 79.8 Å². The number of ether oxygens (including phenoxy) is 1. The average Bonchev–Trinajstić information content (AvgIpc) is 3.12. The molecule has 0 aliphatic carbocycles. The molecule has 1 heterocycles. The van der Waals surface area contributed by atoms with Crippen molar-refractivity contribution in [2.75, 3.05) is 30.4 Å². The van der Waals surface area contributed by atoms with Gasteiger partial charge in [-0.1, -0.05) is 6.07 Å². The van der Waals surface area contributed by atoms with E-state index in [1.165, 1.54) is 11.1 Å². The van der Waals surface area contributed by atoms with Crippen LogP contribution in [0.4, 0.5) is 5.69 Å². The molecule has 2 rings (SSSR count). The van der Waals surface area contributed by atoms with Gasteiger partial charge in [0.05, 0.1) is 11.9 Å². The minimum atomic E-state index is -2.96. The summed E-state index contributed by atoms with van der Waals surface area (Å²) < 4.78 is 28.2. The van der Waals surface area contributed by atoms with Crippen molar-refractivity contribution in [1.82, 2.24) is 5.32 Å². The molecular formula is C20H30IN3O3S2. The maximum absolute atomic E-state index is 11.3. The summed E-state index contributed by atoms with van der Waals surface area (Å²) in [6.45, 7) is 5.17. The number of benzene rings is 1. The number of nitrogens with zero attached hydrogens (tertiary/aromatic N) is 1. The van der Waals surface area contributed by atoms with Crippen LogP contribution in [0.15, 0.2) is 46.8 Å². The van der Waals surface area contributed by atoms with E-state index in [4.69, 9.17) is 4.74 Å². The first-order valence-corrected chi connectivity index (χ1v) is 12.3. The molecule has 0 bridgehead atoms. The van der Waals surface area contributed by atoms with E-state index < -0.39 is 9.84 Å². The van der Waals surface area contributed by atoms with Gasteiger partial charge in [-0.05, 0) is 62.4 Å². The Morgan fingerprint density at radius 1 is 1.21 bits per heavy atom. The standard InChI is InChI=1S/C20H29N3O3S2.HI/c1-16(2)26-18-9-7-17(8-10-18)23-20(21-12-5-15-28(3,24)25)22-13-11-19-6-4-14-27-19;/h4,6-10,14,16H,5,11-13,15H2,1-3H3,(H2,21,22,23);1H. The van der Waals surface area contributed by atoms with Crippen LogP contribution in [0.1, 0.15) is 25.1 Å². The number of nitrogens with one attached hydrogen (secondary N) is 2. The third-order valence-corrected chi connectivity index (χ3v) is 5.64. The summed E-state index contributed by atoms with van der Waals surface area (Å²) in [5.41, 5.74) is 0.890.